The fraction of sp³-hybridized carbons (Fsp3) is 0.0714. The van der Waals surface area contributed by atoms with E-state index in [0.717, 1.165) is 15.7 Å². The van der Waals surface area contributed by atoms with Crippen molar-refractivity contribution in [2.45, 2.75) is 6.92 Å². The molecule has 1 N–H and O–H groups in total. The Kier molecular flexibility index (Phi) is 4.41. The van der Waals surface area contributed by atoms with E-state index in [1.807, 2.05) is 25.1 Å². The van der Waals surface area contributed by atoms with Crippen LogP contribution in [0.1, 0.15) is 22.8 Å². The number of carbonyl (C=O) groups excluding carboxylic acids is 1. The van der Waals surface area contributed by atoms with E-state index in [9.17, 15) is 4.79 Å². The standard InChI is InChI=1S/C14H12BrN3O/c1-10(11-5-7-16-8-6-11)17-18-14(19)12-3-2-4-13(15)9-12/h2-9H,1H3,(H,18,19)/b17-10-. The van der Waals surface area contributed by atoms with E-state index in [2.05, 4.69) is 31.4 Å². The zero-order valence-corrected chi connectivity index (χ0v) is 11.9. The molecule has 0 saturated heterocycles. The van der Waals surface area contributed by atoms with Crippen molar-refractivity contribution in [3.05, 3.63) is 64.4 Å². The van der Waals surface area contributed by atoms with Crippen LogP contribution in [0.2, 0.25) is 0 Å². The molecule has 0 aliphatic heterocycles. The first-order valence-corrected chi connectivity index (χ1v) is 6.47. The summed E-state index contributed by atoms with van der Waals surface area (Å²) in [4.78, 5) is 15.8. The third kappa shape index (κ3) is 3.72. The average Bonchev–Trinajstić information content (AvgIpc) is 2.45. The maximum atomic E-state index is 11.9. The molecule has 1 amide bonds. The van der Waals surface area contributed by atoms with E-state index in [-0.39, 0.29) is 5.91 Å². The van der Waals surface area contributed by atoms with Gasteiger partial charge in [0.15, 0.2) is 0 Å². The molecule has 2 aromatic rings. The Balaban J connectivity index is 2.08. The number of hydrazone groups is 1. The zero-order valence-electron chi connectivity index (χ0n) is 10.3. The van der Waals surface area contributed by atoms with Crippen LogP contribution in [-0.2, 0) is 0 Å². The van der Waals surface area contributed by atoms with Crippen LogP contribution in [-0.4, -0.2) is 16.6 Å². The van der Waals surface area contributed by atoms with Gasteiger partial charge in [-0.15, -0.1) is 0 Å². The first-order valence-electron chi connectivity index (χ1n) is 5.67. The van der Waals surface area contributed by atoms with Crippen molar-refractivity contribution in [1.82, 2.24) is 10.4 Å². The lowest BCUT2D eigenvalue weighted by Gasteiger charge is -2.03. The predicted molar refractivity (Wildman–Crippen MR) is 78.1 cm³/mol. The molecule has 5 heteroatoms. The maximum Gasteiger partial charge on any atom is 0.271 e. The first-order chi connectivity index (χ1) is 9.16. The molecule has 1 aromatic heterocycles. The quantitative estimate of drug-likeness (QED) is 0.699. The third-order valence-corrected chi connectivity index (χ3v) is 3.00. The summed E-state index contributed by atoms with van der Waals surface area (Å²) in [5.41, 5.74) is 4.74. The van der Waals surface area contributed by atoms with Gasteiger partial charge in [0.2, 0.25) is 0 Å². The number of halogens is 1. The number of hydrogen-bond acceptors (Lipinski definition) is 3. The van der Waals surface area contributed by atoms with Crippen LogP contribution in [0.25, 0.3) is 0 Å². The number of aromatic nitrogens is 1. The van der Waals surface area contributed by atoms with Gasteiger partial charge in [-0.2, -0.15) is 5.10 Å². The molecule has 0 spiro atoms. The Morgan fingerprint density at radius 2 is 1.95 bits per heavy atom. The number of rotatable bonds is 3. The van der Waals surface area contributed by atoms with Crippen LogP contribution in [0.4, 0.5) is 0 Å². The number of nitrogens with zero attached hydrogens (tertiary/aromatic N) is 2. The minimum atomic E-state index is -0.241. The van der Waals surface area contributed by atoms with Crippen molar-refractivity contribution >= 4 is 27.5 Å². The van der Waals surface area contributed by atoms with Gasteiger partial charge in [-0.25, -0.2) is 5.43 Å². The predicted octanol–water partition coefficient (Wildman–Crippen LogP) is 3.00. The second-order valence-electron chi connectivity index (χ2n) is 3.88. The smallest absolute Gasteiger partial charge is 0.267 e. The van der Waals surface area contributed by atoms with Crippen molar-refractivity contribution in [1.29, 1.82) is 0 Å². The summed E-state index contributed by atoms with van der Waals surface area (Å²) in [6, 6.07) is 10.8. The summed E-state index contributed by atoms with van der Waals surface area (Å²) in [5.74, 6) is -0.241. The zero-order chi connectivity index (χ0) is 13.7. The molecular formula is C14H12BrN3O. The van der Waals surface area contributed by atoms with Gasteiger partial charge in [-0.1, -0.05) is 22.0 Å². The Labute approximate surface area is 119 Å². The summed E-state index contributed by atoms with van der Waals surface area (Å²) >= 11 is 3.32. The minimum Gasteiger partial charge on any atom is -0.267 e. The molecular weight excluding hydrogens is 306 g/mol. The van der Waals surface area contributed by atoms with Crippen LogP contribution < -0.4 is 5.43 Å². The molecule has 0 unspecified atom stereocenters. The van der Waals surface area contributed by atoms with Gasteiger partial charge < -0.3 is 0 Å². The molecule has 0 aliphatic carbocycles. The molecule has 2 rings (SSSR count). The number of carbonyl (C=O) groups is 1. The van der Waals surface area contributed by atoms with Crippen molar-refractivity contribution in [2.24, 2.45) is 5.10 Å². The van der Waals surface area contributed by atoms with E-state index < -0.39 is 0 Å². The molecule has 0 fully saturated rings. The summed E-state index contributed by atoms with van der Waals surface area (Å²) in [5, 5.41) is 4.07. The molecule has 4 nitrogen and oxygen atoms in total. The summed E-state index contributed by atoms with van der Waals surface area (Å²) < 4.78 is 0.856. The Morgan fingerprint density at radius 3 is 2.63 bits per heavy atom. The lowest BCUT2D eigenvalue weighted by molar-refractivity contribution is 0.0955. The first kappa shape index (κ1) is 13.4. The van der Waals surface area contributed by atoms with Crippen LogP contribution in [0.15, 0.2) is 58.4 Å². The summed E-state index contributed by atoms with van der Waals surface area (Å²) in [6.45, 7) is 1.83. The van der Waals surface area contributed by atoms with Crippen molar-refractivity contribution in [3.8, 4) is 0 Å². The van der Waals surface area contributed by atoms with Gasteiger partial charge in [-0.3, -0.25) is 9.78 Å². The molecule has 0 atom stereocenters. The number of benzene rings is 1. The van der Waals surface area contributed by atoms with E-state index in [1.165, 1.54) is 0 Å². The third-order valence-electron chi connectivity index (χ3n) is 2.51. The summed E-state index contributed by atoms with van der Waals surface area (Å²) in [7, 11) is 0. The Bertz CT molecular complexity index is 611. The van der Waals surface area contributed by atoms with Crippen molar-refractivity contribution in [3.63, 3.8) is 0 Å². The van der Waals surface area contributed by atoms with E-state index in [4.69, 9.17) is 0 Å². The van der Waals surface area contributed by atoms with Gasteiger partial charge in [0, 0.05) is 28.0 Å². The van der Waals surface area contributed by atoms with Gasteiger partial charge >= 0.3 is 0 Å². The lowest BCUT2D eigenvalue weighted by Crippen LogP contribution is -2.19. The molecule has 0 radical (unpaired) electrons. The van der Waals surface area contributed by atoms with Crippen molar-refractivity contribution in [2.75, 3.05) is 0 Å². The van der Waals surface area contributed by atoms with E-state index in [1.54, 1.807) is 30.6 Å². The highest BCUT2D eigenvalue weighted by atomic mass is 79.9. The Morgan fingerprint density at radius 1 is 1.21 bits per heavy atom. The number of pyridine rings is 1. The molecule has 0 aliphatic rings. The SMILES string of the molecule is C/C(=N/NC(=O)c1cccc(Br)c1)c1ccncc1. The van der Waals surface area contributed by atoms with E-state index >= 15 is 0 Å². The van der Waals surface area contributed by atoms with Crippen LogP contribution in [0.5, 0.6) is 0 Å². The second kappa shape index (κ2) is 6.24. The topological polar surface area (TPSA) is 54.4 Å². The lowest BCUT2D eigenvalue weighted by atomic mass is 10.2. The highest BCUT2D eigenvalue weighted by Gasteiger charge is 2.04. The molecule has 1 heterocycles. The van der Waals surface area contributed by atoms with Crippen LogP contribution >= 0.6 is 15.9 Å². The van der Waals surface area contributed by atoms with E-state index in [0.29, 0.717) is 5.56 Å². The molecule has 0 bridgehead atoms. The average molecular weight is 318 g/mol. The highest BCUT2D eigenvalue weighted by molar-refractivity contribution is 9.10. The molecule has 0 saturated carbocycles. The maximum absolute atomic E-state index is 11.9. The van der Waals surface area contributed by atoms with Gasteiger partial charge in [0.05, 0.1) is 5.71 Å². The highest BCUT2D eigenvalue weighted by Crippen LogP contribution is 2.11. The number of amides is 1. The van der Waals surface area contributed by atoms with Gasteiger partial charge in [0.25, 0.3) is 5.91 Å². The van der Waals surface area contributed by atoms with Crippen LogP contribution in [0, 0.1) is 0 Å². The largest absolute Gasteiger partial charge is 0.271 e. The fourth-order valence-corrected chi connectivity index (χ4v) is 1.89. The minimum absolute atomic E-state index is 0.241. The second-order valence-corrected chi connectivity index (χ2v) is 4.80. The molecule has 19 heavy (non-hydrogen) atoms. The van der Waals surface area contributed by atoms with Crippen molar-refractivity contribution < 1.29 is 4.79 Å². The Hall–Kier alpha value is -2.01. The van der Waals surface area contributed by atoms with Crippen LogP contribution in [0.3, 0.4) is 0 Å². The molecule has 1 aromatic carbocycles. The normalized spacial score (nSPS) is 11.2. The monoisotopic (exact) mass is 317 g/mol. The fourth-order valence-electron chi connectivity index (χ4n) is 1.49. The number of hydrogen-bond donors (Lipinski definition) is 1. The van der Waals surface area contributed by atoms with Gasteiger partial charge in [0.1, 0.15) is 0 Å². The van der Waals surface area contributed by atoms with Gasteiger partial charge in [-0.05, 0) is 37.3 Å². The molecule has 96 valence electrons. The summed E-state index contributed by atoms with van der Waals surface area (Å²) in [6.07, 6.45) is 3.37. The number of nitrogens with one attached hydrogen (secondary N) is 1.